The van der Waals surface area contributed by atoms with Gasteiger partial charge in [-0.25, -0.2) is 0 Å². The van der Waals surface area contributed by atoms with Gasteiger partial charge in [-0.3, -0.25) is 18.2 Å². The zero-order valence-corrected chi connectivity index (χ0v) is 72.3. The minimum Gasteiger partial charge on any atom is -0.872 e. The minimum atomic E-state index is -5.28. The van der Waals surface area contributed by atoms with Gasteiger partial charge in [0.2, 0.25) is 0 Å². The molecule has 5 rings (SSSR count). The Labute approximate surface area is 686 Å². The Morgan fingerprint density at radius 2 is 0.410 bits per heavy atom. The fraction of sp³-hybridized carbons (Fsp3) is 0.667. The molecule has 4 aromatic carbocycles. The first-order chi connectivity index (χ1) is 45.4. The van der Waals surface area contributed by atoms with Crippen LogP contribution in [0.4, 0.5) is 0 Å². The number of fused-ring (bicyclic) bond motifs is 8. The number of aromatic hydroxyl groups is 4. The zero-order valence-electron chi connectivity index (χ0n) is 61.0. The Balaban J connectivity index is 0.0000125. The van der Waals surface area contributed by atoms with Crippen LogP contribution in [0.1, 0.15) is 349 Å². The largest absolute Gasteiger partial charge is 1.00 e. The van der Waals surface area contributed by atoms with Crippen LogP contribution < -0.4 is 139 Å². The number of phenolic OH excluding ortho intramolecular Hbond substituents is 4. The normalized spacial score (nSPS) is 15.5. The van der Waals surface area contributed by atoms with E-state index in [1.54, 1.807) is 0 Å². The third-order valence-corrected chi connectivity index (χ3v) is 21.9. The van der Waals surface area contributed by atoms with Crippen LogP contribution in [0.15, 0.2) is 24.3 Å². The second-order valence-corrected chi connectivity index (χ2v) is 32.8. The molecule has 4 aromatic rings. The zero-order chi connectivity index (χ0) is 71.0. The third kappa shape index (κ3) is 30.5. The predicted octanol–water partition coefficient (Wildman–Crippen LogP) is 3.33. The van der Waals surface area contributed by atoms with Crippen LogP contribution in [0, 0.1) is 0 Å². The smallest absolute Gasteiger partial charge is 0.872 e. The maximum atomic E-state index is 15.6. The molecule has 2 unspecified atom stereocenters. The van der Waals surface area contributed by atoms with Gasteiger partial charge in [0.05, 0.1) is 22.6 Å². The summed E-state index contributed by atoms with van der Waals surface area (Å²) in [7, 11) is -21.0. The van der Waals surface area contributed by atoms with Crippen molar-refractivity contribution in [2.45, 2.75) is 306 Å². The first-order valence-corrected chi connectivity index (χ1v) is 41.9. The maximum Gasteiger partial charge on any atom is 1.00 e. The molecule has 100 heavy (non-hydrogen) atoms. The van der Waals surface area contributed by atoms with Crippen molar-refractivity contribution in [3.63, 3.8) is 0 Å². The number of phenols is 4. The topological polar surface area (TPSA) is 391 Å². The molecule has 8 bridgehead atoms. The summed E-state index contributed by atoms with van der Waals surface area (Å²) in [5.41, 5.74) is -6.32. The van der Waals surface area contributed by atoms with Crippen molar-refractivity contribution in [2.75, 3.05) is 0 Å². The molecule has 0 amide bonds. The number of hydrogen-bond donors (Lipinski definition) is 8. The van der Waals surface area contributed by atoms with E-state index < -0.39 is 178 Å². The van der Waals surface area contributed by atoms with E-state index in [9.17, 15) is 72.3 Å². The Kier molecular flexibility index (Phi) is 46.2. The molecule has 20 nitrogen and oxygen atoms in total. The van der Waals surface area contributed by atoms with Gasteiger partial charge in [-0.05, 0) is 71.2 Å². The molecular weight excluding hydrogens is 1400 g/mol. The summed E-state index contributed by atoms with van der Waals surface area (Å²) in [4.78, 5) is 0. The van der Waals surface area contributed by atoms with E-state index >= 15 is 20.4 Å². The fourth-order valence-corrected chi connectivity index (χ4v) is 16.8. The maximum absolute atomic E-state index is 15.6. The average Bonchev–Trinajstić information content (AvgIpc) is 0.741. The summed E-state index contributed by atoms with van der Waals surface area (Å²) in [5.74, 6) is -20.8. The second-order valence-electron chi connectivity index (χ2n) is 27.0. The van der Waals surface area contributed by atoms with Gasteiger partial charge in [-0.1, -0.05) is 245 Å². The minimum absolute atomic E-state index is 0. The van der Waals surface area contributed by atoms with Crippen molar-refractivity contribution in [2.24, 2.45) is 0 Å². The van der Waals surface area contributed by atoms with Gasteiger partial charge < -0.3 is 40.9 Å². The van der Waals surface area contributed by atoms with Gasteiger partial charge in [0.15, 0.2) is 0 Å². The van der Waals surface area contributed by atoms with Crippen molar-refractivity contribution in [3.8, 4) is 46.0 Å². The summed E-state index contributed by atoms with van der Waals surface area (Å²) >= 11 is 0. The van der Waals surface area contributed by atoms with Crippen LogP contribution in [-0.2, 0) is 63.5 Å². The summed E-state index contributed by atoms with van der Waals surface area (Å²) in [5, 5.41) is 113. The molecule has 0 fully saturated rings. The average molecular weight is 1510 g/mol. The van der Waals surface area contributed by atoms with Crippen LogP contribution in [0.2, 0.25) is 0 Å². The van der Waals surface area contributed by atoms with Crippen molar-refractivity contribution in [1.29, 1.82) is 0 Å². The number of benzene rings is 4. The molecule has 1 aliphatic carbocycles. The summed E-state index contributed by atoms with van der Waals surface area (Å²) in [6.07, 6.45) is 23.8. The Bertz CT molecular complexity index is 3050. The molecule has 8 N–H and O–H groups in total. The second kappa shape index (κ2) is 47.7. The summed E-state index contributed by atoms with van der Waals surface area (Å²) < 4.78 is 148. The van der Waals surface area contributed by atoms with Gasteiger partial charge in [-0.15, -0.1) is 23.0 Å². The molecule has 544 valence electrons. The van der Waals surface area contributed by atoms with Gasteiger partial charge >= 0.3 is 118 Å². The van der Waals surface area contributed by atoms with E-state index in [1.165, 1.54) is 12.1 Å². The standard InChI is InChI=1S/C72H112O20S4.4Na/c1-5-9-13-17-21-25-29-33-37-49-53-41-55(67(75)61(65(53)73)45-93(81,82)83)50(38-34-30-26-22-18-14-10-6-2)57-43-59(71(79)63(69(57)77)47-95(87,88)89)52(40-36-32-28-24-20-16-12-8-4)60-44-58(70(78)64(72(60)80)48-96(90,91)92)51(39-35-31-27-23-19-15-11-7-3)56-42-54(49)66(74)62(68(56)76)46-94(84,85)86;;;;/h41-44,49-52,73-80H,5-40,45-48H2,1-4H3,(H,81,82,83)(H,84,85,86)(H,87,88,89)(H,90,91,92);;;;/q;4*+1/p-4. The molecule has 2 atom stereocenters. The SMILES string of the molecule is CCCCCCCCCCC1c2cc(c([O-])c(CS(=O)(=O)O)c2[O-])C(CCCCCCCCCC)c2cc(c(O)c(CS(=O)(=O)O)c2O)C(CCCCCCCCCC)c2cc(c(O)c(CS(=O)(=O)O)c2O)C(CCCCCCCCCC)c2cc1c([O-])c(CS(=O)(=O)O)c2[O-].[Na+].[Na+].[Na+].[Na+]. The van der Waals surface area contributed by atoms with Gasteiger partial charge in [0.1, 0.15) is 34.5 Å². The molecular formula is C72H108Na4O20S4. The van der Waals surface area contributed by atoms with Gasteiger partial charge in [0, 0.05) is 45.9 Å². The van der Waals surface area contributed by atoms with Crippen molar-refractivity contribution in [1.82, 2.24) is 0 Å². The summed E-state index contributed by atoms with van der Waals surface area (Å²) in [6.45, 7) is 8.31. The van der Waals surface area contributed by atoms with Gasteiger partial charge in [-0.2, -0.15) is 33.7 Å². The molecule has 0 spiro atoms. The van der Waals surface area contributed by atoms with Crippen LogP contribution in [0.25, 0.3) is 0 Å². The van der Waals surface area contributed by atoms with Gasteiger partial charge in [0.25, 0.3) is 40.5 Å². The van der Waals surface area contributed by atoms with E-state index in [2.05, 4.69) is 27.7 Å². The Morgan fingerprint density at radius 1 is 0.260 bits per heavy atom. The van der Waals surface area contributed by atoms with Crippen LogP contribution in [0.5, 0.6) is 46.0 Å². The monoisotopic (exact) mass is 1510 g/mol. The first-order valence-electron chi connectivity index (χ1n) is 35.4. The Morgan fingerprint density at radius 3 is 0.600 bits per heavy atom. The van der Waals surface area contributed by atoms with E-state index in [4.69, 9.17) is 0 Å². The van der Waals surface area contributed by atoms with E-state index in [0.717, 1.165) is 141 Å². The van der Waals surface area contributed by atoms with E-state index in [-0.39, 0.29) is 192 Å². The van der Waals surface area contributed by atoms with Crippen LogP contribution >= 0.6 is 0 Å². The Hall–Kier alpha value is -1.08. The molecule has 1 aliphatic rings. The van der Waals surface area contributed by atoms with Crippen molar-refractivity contribution in [3.05, 3.63) is 91.0 Å². The molecule has 0 saturated carbocycles. The van der Waals surface area contributed by atoms with Crippen molar-refractivity contribution < 1.29 is 211 Å². The molecule has 28 heteroatoms. The number of hydrogen-bond acceptors (Lipinski definition) is 16. The molecule has 0 radical (unpaired) electrons. The van der Waals surface area contributed by atoms with Crippen LogP contribution in [0.3, 0.4) is 0 Å². The number of rotatable bonds is 44. The van der Waals surface area contributed by atoms with Crippen LogP contribution in [-0.4, -0.2) is 72.3 Å². The van der Waals surface area contributed by atoms with E-state index in [0.29, 0.717) is 51.4 Å². The molecule has 0 saturated heterocycles. The molecule has 0 aliphatic heterocycles. The quantitative estimate of drug-likeness (QED) is 0.0179. The first kappa shape index (κ1) is 96.9. The fourth-order valence-electron chi connectivity index (χ4n) is 14.2. The molecule has 0 aromatic heterocycles. The molecule has 0 heterocycles. The third-order valence-electron chi connectivity index (χ3n) is 19.3. The van der Waals surface area contributed by atoms with Crippen molar-refractivity contribution >= 4 is 40.5 Å². The number of unbranched alkanes of at least 4 members (excludes halogenated alkanes) is 28. The predicted molar refractivity (Wildman–Crippen MR) is 368 cm³/mol. The van der Waals surface area contributed by atoms with E-state index in [1.807, 2.05) is 0 Å². The summed E-state index contributed by atoms with van der Waals surface area (Å²) in [6, 6.07) is 4.85.